The Morgan fingerprint density at radius 2 is 1.95 bits per heavy atom. The van der Waals surface area contributed by atoms with Crippen molar-refractivity contribution in [1.29, 1.82) is 0 Å². The Morgan fingerprint density at radius 1 is 1.26 bits per heavy atom. The largest absolute Gasteiger partial charge is 0.0848 e. The van der Waals surface area contributed by atoms with Crippen molar-refractivity contribution >= 4 is 0 Å². The summed E-state index contributed by atoms with van der Waals surface area (Å²) >= 11 is 0. The fraction of sp³-hybridized carbons (Fsp3) is 0.895. The summed E-state index contributed by atoms with van der Waals surface area (Å²) < 4.78 is 0. The molecule has 0 nitrogen and oxygen atoms in total. The zero-order chi connectivity index (χ0) is 14.3. The smallest absolute Gasteiger partial charge is 0.00881 e. The maximum absolute atomic E-state index is 2.58. The molecule has 0 N–H and O–H groups in total. The van der Waals surface area contributed by atoms with Crippen LogP contribution in [0.3, 0.4) is 0 Å². The van der Waals surface area contributed by atoms with E-state index >= 15 is 0 Å². The van der Waals surface area contributed by atoms with Crippen molar-refractivity contribution in [3.05, 3.63) is 11.6 Å². The summed E-state index contributed by atoms with van der Waals surface area (Å²) in [5, 5.41) is 0. The van der Waals surface area contributed by atoms with Crippen LogP contribution in [0, 0.1) is 28.6 Å². The van der Waals surface area contributed by atoms with Crippen molar-refractivity contribution in [1.82, 2.24) is 0 Å². The molecule has 0 aromatic heterocycles. The van der Waals surface area contributed by atoms with Crippen LogP contribution < -0.4 is 0 Å². The second-order valence-electron chi connectivity index (χ2n) is 8.23. The molecule has 0 radical (unpaired) electrons. The molecule has 2 aliphatic carbocycles. The third-order valence-corrected chi connectivity index (χ3v) is 6.96. The number of allylic oxidation sites excluding steroid dienone is 2. The summed E-state index contributed by atoms with van der Waals surface area (Å²) in [6, 6.07) is 0. The van der Waals surface area contributed by atoms with E-state index < -0.39 is 0 Å². The maximum Gasteiger partial charge on any atom is -0.00881 e. The SMILES string of the molecule is CCCC[C@@]1(C)C(C)=CCC2C(C)C(C)(C)CCC21. The predicted molar refractivity (Wildman–Crippen MR) is 85.2 cm³/mol. The standard InChI is InChI=1S/C19H34/c1-7-8-12-19(6)14(2)9-10-16-15(3)18(4,5)13-11-17(16)19/h9,15-17H,7-8,10-13H2,1-6H3/t15?,16?,17?,19-/m0/s1. The normalized spacial score (nSPS) is 41.6. The molecule has 0 spiro atoms. The lowest BCUT2D eigenvalue weighted by molar-refractivity contribution is -0.0194. The van der Waals surface area contributed by atoms with Gasteiger partial charge in [-0.25, -0.2) is 0 Å². The highest BCUT2D eigenvalue weighted by atomic mass is 14.5. The van der Waals surface area contributed by atoms with Crippen LogP contribution in [0.1, 0.15) is 80.1 Å². The van der Waals surface area contributed by atoms with E-state index in [1.807, 2.05) is 0 Å². The minimum absolute atomic E-state index is 0.490. The molecule has 1 fully saturated rings. The molecule has 0 saturated heterocycles. The van der Waals surface area contributed by atoms with Gasteiger partial charge in [-0.2, -0.15) is 0 Å². The van der Waals surface area contributed by atoms with Gasteiger partial charge in [-0.3, -0.25) is 0 Å². The van der Waals surface area contributed by atoms with Crippen molar-refractivity contribution in [2.24, 2.45) is 28.6 Å². The van der Waals surface area contributed by atoms with Gasteiger partial charge in [0.1, 0.15) is 0 Å². The quantitative estimate of drug-likeness (QED) is 0.529. The Bertz CT molecular complexity index is 349. The molecule has 3 unspecified atom stereocenters. The van der Waals surface area contributed by atoms with Crippen molar-refractivity contribution in [3.8, 4) is 0 Å². The van der Waals surface area contributed by atoms with E-state index in [0.29, 0.717) is 10.8 Å². The van der Waals surface area contributed by atoms with Crippen LogP contribution in [-0.2, 0) is 0 Å². The van der Waals surface area contributed by atoms with Gasteiger partial charge in [-0.1, -0.05) is 59.1 Å². The van der Waals surface area contributed by atoms with Crippen LogP contribution in [0.2, 0.25) is 0 Å². The van der Waals surface area contributed by atoms with Gasteiger partial charge in [0.25, 0.3) is 0 Å². The van der Waals surface area contributed by atoms with E-state index in [-0.39, 0.29) is 0 Å². The molecular weight excluding hydrogens is 228 g/mol. The molecule has 0 aromatic rings. The fourth-order valence-electron chi connectivity index (χ4n) is 4.82. The van der Waals surface area contributed by atoms with E-state index in [0.717, 1.165) is 17.8 Å². The minimum Gasteiger partial charge on any atom is -0.0848 e. The zero-order valence-electron chi connectivity index (χ0n) is 14.1. The Balaban J connectivity index is 2.27. The Kier molecular flexibility index (Phi) is 4.19. The van der Waals surface area contributed by atoms with Gasteiger partial charge in [-0.15, -0.1) is 0 Å². The monoisotopic (exact) mass is 262 g/mol. The van der Waals surface area contributed by atoms with Gasteiger partial charge in [0.2, 0.25) is 0 Å². The molecule has 0 heterocycles. The van der Waals surface area contributed by atoms with Crippen LogP contribution in [0.25, 0.3) is 0 Å². The number of hydrogen-bond donors (Lipinski definition) is 0. The minimum atomic E-state index is 0.490. The average molecular weight is 262 g/mol. The number of fused-ring (bicyclic) bond motifs is 1. The second kappa shape index (κ2) is 5.26. The molecule has 4 atom stereocenters. The summed E-state index contributed by atoms with van der Waals surface area (Å²) in [5.41, 5.74) is 2.73. The van der Waals surface area contributed by atoms with Crippen LogP contribution in [0.5, 0.6) is 0 Å². The molecule has 0 aliphatic heterocycles. The van der Waals surface area contributed by atoms with E-state index in [1.165, 1.54) is 38.5 Å². The molecule has 19 heavy (non-hydrogen) atoms. The lowest BCUT2D eigenvalue weighted by atomic mass is 9.50. The molecule has 0 bridgehead atoms. The summed E-state index contributed by atoms with van der Waals surface area (Å²) in [4.78, 5) is 0. The van der Waals surface area contributed by atoms with Crippen LogP contribution in [-0.4, -0.2) is 0 Å². The summed E-state index contributed by atoms with van der Waals surface area (Å²) in [6.45, 7) is 14.8. The third-order valence-electron chi connectivity index (χ3n) is 6.96. The topological polar surface area (TPSA) is 0 Å². The molecule has 0 aromatic carbocycles. The van der Waals surface area contributed by atoms with Crippen molar-refractivity contribution in [2.75, 3.05) is 0 Å². The Hall–Kier alpha value is -0.260. The molecule has 0 amide bonds. The van der Waals surface area contributed by atoms with Gasteiger partial charge < -0.3 is 0 Å². The number of unbranched alkanes of at least 4 members (excludes halogenated alkanes) is 1. The number of hydrogen-bond acceptors (Lipinski definition) is 0. The van der Waals surface area contributed by atoms with Crippen molar-refractivity contribution in [3.63, 3.8) is 0 Å². The highest BCUT2D eigenvalue weighted by molar-refractivity contribution is 5.19. The lowest BCUT2D eigenvalue weighted by Gasteiger charge is -2.55. The predicted octanol–water partition coefficient (Wildman–Crippen LogP) is 6.22. The van der Waals surface area contributed by atoms with E-state index in [4.69, 9.17) is 0 Å². The average Bonchev–Trinajstić information content (AvgIpc) is 2.36. The Labute approximate surface area is 121 Å². The molecule has 2 aliphatic rings. The molecule has 0 heteroatoms. The summed E-state index contributed by atoms with van der Waals surface area (Å²) in [5.74, 6) is 2.73. The van der Waals surface area contributed by atoms with Gasteiger partial charge in [0.05, 0.1) is 0 Å². The lowest BCUT2D eigenvalue weighted by Crippen LogP contribution is -2.47. The Morgan fingerprint density at radius 3 is 2.58 bits per heavy atom. The van der Waals surface area contributed by atoms with Crippen molar-refractivity contribution < 1.29 is 0 Å². The maximum atomic E-state index is 2.58. The molecular formula is C19H34. The molecule has 1 saturated carbocycles. The first-order valence-corrected chi connectivity index (χ1v) is 8.50. The molecule has 2 rings (SSSR count). The third kappa shape index (κ3) is 2.52. The summed E-state index contributed by atoms with van der Waals surface area (Å²) in [6.07, 6.45) is 10.9. The fourth-order valence-corrected chi connectivity index (χ4v) is 4.82. The first-order chi connectivity index (χ1) is 8.83. The van der Waals surface area contributed by atoms with Gasteiger partial charge >= 0.3 is 0 Å². The van der Waals surface area contributed by atoms with Crippen molar-refractivity contribution in [2.45, 2.75) is 80.1 Å². The zero-order valence-corrected chi connectivity index (χ0v) is 14.1. The van der Waals surface area contributed by atoms with Crippen LogP contribution in [0.15, 0.2) is 11.6 Å². The first-order valence-electron chi connectivity index (χ1n) is 8.50. The van der Waals surface area contributed by atoms with Gasteiger partial charge in [0.15, 0.2) is 0 Å². The van der Waals surface area contributed by atoms with E-state index in [2.05, 4.69) is 47.6 Å². The van der Waals surface area contributed by atoms with E-state index in [9.17, 15) is 0 Å². The number of rotatable bonds is 3. The summed E-state index contributed by atoms with van der Waals surface area (Å²) in [7, 11) is 0. The van der Waals surface area contributed by atoms with Crippen LogP contribution >= 0.6 is 0 Å². The van der Waals surface area contributed by atoms with Crippen LogP contribution in [0.4, 0.5) is 0 Å². The second-order valence-corrected chi connectivity index (χ2v) is 8.23. The first kappa shape index (κ1) is 15.1. The van der Waals surface area contributed by atoms with E-state index in [1.54, 1.807) is 5.57 Å². The van der Waals surface area contributed by atoms with Gasteiger partial charge in [-0.05, 0) is 61.2 Å². The molecule has 110 valence electrons. The highest BCUT2D eigenvalue weighted by Gasteiger charge is 2.49. The highest BCUT2D eigenvalue weighted by Crippen LogP contribution is 2.58. The van der Waals surface area contributed by atoms with Gasteiger partial charge in [0, 0.05) is 0 Å².